The molecule has 0 saturated carbocycles. The first-order valence-electron chi connectivity index (χ1n) is 12.9. The molecule has 1 heterocycles. The number of carboxylic acids is 2. The second-order valence-electron chi connectivity index (χ2n) is 8.81. The maximum Gasteiger partial charge on any atom is 0.337 e. The minimum atomic E-state index is -1.67. The minimum absolute atomic E-state index is 0.0810. The Balaban J connectivity index is 0.000000256. The Morgan fingerprint density at radius 3 is 1.57 bits per heavy atom. The molecule has 0 bridgehead atoms. The summed E-state index contributed by atoms with van der Waals surface area (Å²) < 4.78 is 29.5. The van der Waals surface area contributed by atoms with Crippen LogP contribution >= 0.6 is 67.8 Å². The lowest BCUT2D eigenvalue weighted by atomic mass is 10.2. The lowest BCUT2D eigenvalue weighted by Crippen LogP contribution is -1.97. The van der Waals surface area contributed by atoms with E-state index in [0.717, 1.165) is 0 Å². The van der Waals surface area contributed by atoms with Crippen molar-refractivity contribution in [3.63, 3.8) is 0 Å². The number of nitrogens with zero attached hydrogens (tertiary/aromatic N) is 1. The molecule has 5 aromatic rings. The summed E-state index contributed by atoms with van der Waals surface area (Å²) in [7, 11) is 11.9. The van der Waals surface area contributed by atoms with Gasteiger partial charge in [0.05, 0.1) is 58.7 Å². The number of aromatic nitrogens is 1. The molecule has 0 unspecified atom stereocenters. The Kier molecular flexibility index (Phi) is 16.9. The smallest absolute Gasteiger partial charge is 0.337 e. The molecule has 0 aliphatic carbocycles. The summed E-state index contributed by atoms with van der Waals surface area (Å²) in [5.74, 6) is 0.0554. The fourth-order valence-corrected chi connectivity index (χ4v) is 4.52. The zero-order valence-corrected chi connectivity index (χ0v) is 30.6. The summed E-state index contributed by atoms with van der Waals surface area (Å²) in [6, 6.07) is 18.8. The van der Waals surface area contributed by atoms with Crippen molar-refractivity contribution in [2.75, 3.05) is 21.3 Å². The highest BCUT2D eigenvalue weighted by molar-refractivity contribution is 8.26. The zero-order chi connectivity index (χ0) is 36.8. The predicted molar refractivity (Wildman–Crippen MR) is 191 cm³/mol. The third-order valence-electron chi connectivity index (χ3n) is 5.84. The van der Waals surface area contributed by atoms with Crippen LogP contribution in [0, 0.1) is 0 Å². The van der Waals surface area contributed by atoms with Gasteiger partial charge in [0.15, 0.2) is 5.58 Å². The summed E-state index contributed by atoms with van der Waals surface area (Å²) in [6.07, 6.45) is 0. The molecule has 11 nitrogen and oxygen atoms in total. The van der Waals surface area contributed by atoms with Crippen LogP contribution in [0.15, 0.2) is 77.2 Å². The standard InChI is InChI=1S/C15H10ClNO4.C8H6Cl2O2.C8H7ClO3.Cl2OS/c1-20-9-3-4-10(11(16)7-9)14-17-12-5-2-8(15(18)19)6-13(12)21-14;2*1-12-5-2-3-6(8(10)11)7(9)4-5;1-4(2)3/h2-7H,1H3,(H,18,19);2-4H,1H3;2-4H,1H3,(H,10,11);. The lowest BCUT2D eigenvalue weighted by Gasteiger charge is -2.02. The van der Waals surface area contributed by atoms with Gasteiger partial charge in [-0.25, -0.2) is 18.8 Å². The van der Waals surface area contributed by atoms with Crippen molar-refractivity contribution < 1.29 is 47.4 Å². The van der Waals surface area contributed by atoms with Crippen LogP contribution < -0.4 is 14.2 Å². The van der Waals surface area contributed by atoms with Gasteiger partial charge in [0.1, 0.15) is 22.8 Å². The van der Waals surface area contributed by atoms with Crippen molar-refractivity contribution in [2.45, 2.75) is 0 Å². The zero-order valence-electron chi connectivity index (χ0n) is 25.2. The van der Waals surface area contributed by atoms with Gasteiger partial charge in [0.25, 0.3) is 5.24 Å². The largest absolute Gasteiger partial charge is 0.497 e. The molecule has 0 radical (unpaired) electrons. The lowest BCUT2D eigenvalue weighted by molar-refractivity contribution is 0.0686. The van der Waals surface area contributed by atoms with E-state index < -0.39 is 26.4 Å². The normalized spacial score (nSPS) is 10.0. The molecule has 260 valence electrons. The third-order valence-corrected chi connectivity index (χ3v) is 6.98. The Labute approximate surface area is 310 Å². The molecule has 4 aromatic carbocycles. The molecular formula is C31H23Cl6NO10S. The number of methoxy groups -OCH3 is 3. The van der Waals surface area contributed by atoms with E-state index in [1.54, 1.807) is 43.5 Å². The quantitative estimate of drug-likeness (QED) is 0.151. The van der Waals surface area contributed by atoms with E-state index in [0.29, 0.717) is 55.4 Å². The molecule has 0 amide bonds. The maximum absolute atomic E-state index is 10.9. The number of hydrogen-bond donors (Lipinski definition) is 2. The van der Waals surface area contributed by atoms with Crippen molar-refractivity contribution in [3.05, 3.63) is 105 Å². The number of rotatable bonds is 7. The molecule has 0 spiro atoms. The van der Waals surface area contributed by atoms with E-state index in [1.165, 1.54) is 50.6 Å². The van der Waals surface area contributed by atoms with Crippen molar-refractivity contribution in [1.82, 2.24) is 4.98 Å². The molecule has 2 N–H and O–H groups in total. The van der Waals surface area contributed by atoms with E-state index >= 15 is 0 Å². The molecule has 0 aliphatic heterocycles. The van der Waals surface area contributed by atoms with Crippen LogP contribution in [0.3, 0.4) is 0 Å². The van der Waals surface area contributed by atoms with Crippen molar-refractivity contribution in [2.24, 2.45) is 0 Å². The van der Waals surface area contributed by atoms with Gasteiger partial charge in [-0.3, -0.25) is 4.79 Å². The fourth-order valence-electron chi connectivity index (χ4n) is 3.55. The van der Waals surface area contributed by atoms with Gasteiger partial charge in [0.2, 0.25) is 15.1 Å². The van der Waals surface area contributed by atoms with Crippen molar-refractivity contribution in [3.8, 4) is 28.7 Å². The summed E-state index contributed by atoms with van der Waals surface area (Å²) >= 11 is 22.8. The summed E-state index contributed by atoms with van der Waals surface area (Å²) in [5.41, 5.74) is 2.10. The van der Waals surface area contributed by atoms with Gasteiger partial charge in [-0.05, 0) is 84.4 Å². The van der Waals surface area contributed by atoms with Crippen LogP contribution in [-0.2, 0) is 9.23 Å². The van der Waals surface area contributed by atoms with E-state index in [1.807, 2.05) is 0 Å². The monoisotopic (exact) mass is 811 g/mol. The Bertz CT molecular complexity index is 1900. The number of benzene rings is 4. The Morgan fingerprint density at radius 1 is 0.694 bits per heavy atom. The van der Waals surface area contributed by atoms with Crippen LogP contribution in [0.4, 0.5) is 0 Å². The fraction of sp³-hybridized carbons (Fsp3) is 0.0968. The van der Waals surface area contributed by atoms with Crippen molar-refractivity contribution >= 4 is 105 Å². The molecule has 0 saturated heterocycles. The highest BCUT2D eigenvalue weighted by atomic mass is 36.0. The van der Waals surface area contributed by atoms with Crippen LogP contribution in [0.5, 0.6) is 17.2 Å². The third kappa shape index (κ3) is 12.9. The van der Waals surface area contributed by atoms with Crippen LogP contribution in [0.2, 0.25) is 15.1 Å². The number of carbonyl (C=O) groups is 3. The molecule has 1 aromatic heterocycles. The number of carboxylic acid groups (broad SMARTS) is 2. The number of halogens is 6. The SMILES string of the molecule is COc1ccc(-c2nc3ccc(C(=O)O)cc3o2)c(Cl)c1.COc1ccc(C(=O)Cl)c(Cl)c1.COc1ccc(C(=O)O)c(Cl)c1.O=S(Cl)Cl. The van der Waals surface area contributed by atoms with Crippen molar-refractivity contribution in [1.29, 1.82) is 0 Å². The number of aromatic carboxylic acids is 2. The number of hydrogen-bond acceptors (Lipinski definition) is 9. The first-order chi connectivity index (χ1) is 23.1. The van der Waals surface area contributed by atoms with Crippen LogP contribution in [-0.4, -0.2) is 57.9 Å². The molecular weight excluding hydrogens is 791 g/mol. The molecule has 49 heavy (non-hydrogen) atoms. The molecule has 5 rings (SSSR count). The second-order valence-corrected chi connectivity index (χ2v) is 12.9. The molecule has 18 heteroatoms. The number of fused-ring (bicyclic) bond motifs is 1. The molecule has 0 aliphatic rings. The summed E-state index contributed by atoms with van der Waals surface area (Å²) in [4.78, 5) is 36.5. The number of ether oxygens (including phenoxy) is 3. The molecule has 0 atom stereocenters. The first kappa shape index (κ1) is 41.4. The highest BCUT2D eigenvalue weighted by Crippen LogP contribution is 2.33. The van der Waals surface area contributed by atoms with Gasteiger partial charge >= 0.3 is 11.9 Å². The topological polar surface area (TPSA) is 162 Å². The minimum Gasteiger partial charge on any atom is -0.497 e. The van der Waals surface area contributed by atoms with E-state index in [4.69, 9.17) is 79.5 Å². The van der Waals surface area contributed by atoms with E-state index in [2.05, 4.69) is 26.3 Å². The second kappa shape index (κ2) is 20.1. The van der Waals surface area contributed by atoms with E-state index in [9.17, 15) is 14.4 Å². The number of oxazole rings is 1. The average molecular weight is 814 g/mol. The van der Waals surface area contributed by atoms with Gasteiger partial charge in [-0.1, -0.05) is 34.8 Å². The highest BCUT2D eigenvalue weighted by Gasteiger charge is 2.14. The predicted octanol–water partition coefficient (Wildman–Crippen LogP) is 9.67. The maximum atomic E-state index is 10.9. The van der Waals surface area contributed by atoms with Gasteiger partial charge in [0, 0.05) is 21.4 Å². The summed E-state index contributed by atoms with van der Waals surface area (Å²) in [5, 5.41) is 17.9. The Morgan fingerprint density at radius 2 is 1.16 bits per heavy atom. The molecule has 0 fully saturated rings. The van der Waals surface area contributed by atoms with Crippen LogP contribution in [0.1, 0.15) is 31.1 Å². The number of carbonyl (C=O) groups excluding carboxylic acids is 1. The van der Waals surface area contributed by atoms with E-state index in [-0.39, 0.29) is 16.1 Å². The Hall–Kier alpha value is -3.75. The van der Waals surface area contributed by atoms with Gasteiger partial charge in [-0.15, -0.1) is 0 Å². The van der Waals surface area contributed by atoms with Crippen LogP contribution in [0.25, 0.3) is 22.6 Å². The van der Waals surface area contributed by atoms with Gasteiger partial charge < -0.3 is 28.8 Å². The van der Waals surface area contributed by atoms with Gasteiger partial charge in [-0.2, -0.15) is 0 Å². The first-order valence-corrected chi connectivity index (χ1v) is 17.2. The summed E-state index contributed by atoms with van der Waals surface area (Å²) in [6.45, 7) is 0. The average Bonchev–Trinajstić information content (AvgIpc) is 3.47.